The van der Waals surface area contributed by atoms with Crippen molar-refractivity contribution in [3.63, 3.8) is 0 Å². The number of carbonyl (C=O) groups excluding carboxylic acids is 1. The standard InChI is InChI=1S/C11H9FN2O2.Na/c12-7-2-1-3-8-9(7)13-10(11(15)16)14(8)6-4-5-6;/h1-3,6H,4-5H2,(H,15,16);/q;+1/p-1. The van der Waals surface area contributed by atoms with Gasteiger partial charge in [0.15, 0.2) is 11.6 Å². The number of aromatic nitrogens is 2. The summed E-state index contributed by atoms with van der Waals surface area (Å²) in [5, 5.41) is 10.9. The van der Waals surface area contributed by atoms with Crippen LogP contribution in [0.25, 0.3) is 11.0 Å². The molecule has 1 fully saturated rings. The topological polar surface area (TPSA) is 57.9 Å². The first-order valence-electron chi connectivity index (χ1n) is 5.06. The fourth-order valence-corrected chi connectivity index (χ4v) is 1.93. The number of halogens is 1. The van der Waals surface area contributed by atoms with Crippen molar-refractivity contribution in [3.05, 3.63) is 29.8 Å². The average molecular weight is 242 g/mol. The van der Waals surface area contributed by atoms with Crippen LogP contribution in [0.1, 0.15) is 29.5 Å². The first-order valence-corrected chi connectivity index (χ1v) is 5.06. The van der Waals surface area contributed by atoms with E-state index in [4.69, 9.17) is 0 Å². The van der Waals surface area contributed by atoms with Gasteiger partial charge in [0.2, 0.25) is 0 Å². The van der Waals surface area contributed by atoms with E-state index in [0.717, 1.165) is 12.8 Å². The maximum atomic E-state index is 13.4. The number of imidazole rings is 1. The Bertz CT molecular complexity index is 592. The van der Waals surface area contributed by atoms with Crippen molar-refractivity contribution < 1.29 is 43.8 Å². The zero-order chi connectivity index (χ0) is 11.3. The Morgan fingerprint density at radius 3 is 2.76 bits per heavy atom. The molecule has 17 heavy (non-hydrogen) atoms. The minimum atomic E-state index is -1.36. The van der Waals surface area contributed by atoms with Crippen LogP contribution in [0.15, 0.2) is 18.2 Å². The van der Waals surface area contributed by atoms with E-state index in [1.54, 1.807) is 16.7 Å². The summed E-state index contributed by atoms with van der Waals surface area (Å²) in [5.74, 6) is -2.04. The molecule has 0 aliphatic heterocycles. The zero-order valence-electron chi connectivity index (χ0n) is 9.31. The molecule has 6 heteroatoms. The van der Waals surface area contributed by atoms with Crippen LogP contribution < -0.4 is 34.7 Å². The number of para-hydroxylation sites is 1. The normalized spacial score (nSPS) is 14.6. The number of carboxylic acid groups (broad SMARTS) is 1. The van der Waals surface area contributed by atoms with Crippen LogP contribution in [-0.4, -0.2) is 15.5 Å². The second-order valence-corrected chi connectivity index (χ2v) is 3.93. The summed E-state index contributed by atoms with van der Waals surface area (Å²) in [5.41, 5.74) is 0.635. The largest absolute Gasteiger partial charge is 1.00 e. The van der Waals surface area contributed by atoms with Crippen LogP contribution in [0.2, 0.25) is 0 Å². The first-order chi connectivity index (χ1) is 7.68. The van der Waals surface area contributed by atoms with E-state index in [1.165, 1.54) is 6.07 Å². The van der Waals surface area contributed by atoms with Gasteiger partial charge in [-0.25, -0.2) is 9.37 Å². The van der Waals surface area contributed by atoms with E-state index in [-0.39, 0.29) is 46.9 Å². The monoisotopic (exact) mass is 242 g/mol. The summed E-state index contributed by atoms with van der Waals surface area (Å²) in [7, 11) is 0. The third-order valence-corrected chi connectivity index (χ3v) is 2.77. The van der Waals surface area contributed by atoms with Gasteiger partial charge in [0.25, 0.3) is 0 Å². The third-order valence-electron chi connectivity index (χ3n) is 2.77. The minimum absolute atomic E-state index is 0. The van der Waals surface area contributed by atoms with Gasteiger partial charge in [0.1, 0.15) is 11.5 Å². The molecule has 0 amide bonds. The summed E-state index contributed by atoms with van der Waals surface area (Å²) in [6.07, 6.45) is 1.81. The molecule has 3 rings (SSSR count). The molecule has 82 valence electrons. The number of carboxylic acids is 1. The predicted octanol–water partition coefficient (Wildman–Crippen LogP) is -2.12. The van der Waals surface area contributed by atoms with Gasteiger partial charge in [-0.2, -0.15) is 0 Å². The fraction of sp³-hybridized carbons (Fsp3) is 0.273. The maximum Gasteiger partial charge on any atom is 1.00 e. The number of carbonyl (C=O) groups is 1. The Balaban J connectivity index is 0.00000108. The number of hydrogen-bond acceptors (Lipinski definition) is 3. The minimum Gasteiger partial charge on any atom is -0.542 e. The molecule has 0 unspecified atom stereocenters. The van der Waals surface area contributed by atoms with Crippen LogP contribution in [0.4, 0.5) is 4.39 Å². The average Bonchev–Trinajstić information content (AvgIpc) is 2.99. The van der Waals surface area contributed by atoms with E-state index in [0.29, 0.717) is 5.52 Å². The molecule has 2 aromatic rings. The number of nitrogens with zero attached hydrogens (tertiary/aromatic N) is 2. The van der Waals surface area contributed by atoms with Crippen LogP contribution in [0.5, 0.6) is 0 Å². The second-order valence-electron chi connectivity index (χ2n) is 3.93. The van der Waals surface area contributed by atoms with Gasteiger partial charge in [0.05, 0.1) is 5.52 Å². The van der Waals surface area contributed by atoms with E-state index in [2.05, 4.69) is 4.98 Å². The number of rotatable bonds is 2. The van der Waals surface area contributed by atoms with E-state index < -0.39 is 11.8 Å². The van der Waals surface area contributed by atoms with E-state index >= 15 is 0 Å². The quantitative estimate of drug-likeness (QED) is 0.566. The van der Waals surface area contributed by atoms with Crippen molar-refractivity contribution >= 4 is 17.0 Å². The Kier molecular flexibility index (Phi) is 3.25. The van der Waals surface area contributed by atoms with Crippen molar-refractivity contribution in [1.82, 2.24) is 9.55 Å². The number of benzene rings is 1. The van der Waals surface area contributed by atoms with Gasteiger partial charge in [0, 0.05) is 6.04 Å². The third kappa shape index (κ3) is 1.99. The van der Waals surface area contributed by atoms with Gasteiger partial charge >= 0.3 is 29.6 Å². The molecule has 0 spiro atoms. The number of aromatic carboxylic acids is 1. The van der Waals surface area contributed by atoms with Gasteiger partial charge in [-0.05, 0) is 25.0 Å². The summed E-state index contributed by atoms with van der Waals surface area (Å²) in [4.78, 5) is 14.7. The maximum absolute atomic E-state index is 13.4. The molecular formula is C11H8FN2NaO2. The van der Waals surface area contributed by atoms with Crippen LogP contribution in [0.3, 0.4) is 0 Å². The molecule has 1 aromatic carbocycles. The van der Waals surface area contributed by atoms with Crippen molar-refractivity contribution in [2.45, 2.75) is 18.9 Å². The summed E-state index contributed by atoms with van der Waals surface area (Å²) < 4.78 is 15.0. The van der Waals surface area contributed by atoms with Crippen LogP contribution in [0, 0.1) is 5.82 Å². The number of hydrogen-bond donors (Lipinski definition) is 0. The SMILES string of the molecule is O=C([O-])c1nc2c(F)cccc2n1C1CC1.[Na+]. The molecule has 0 N–H and O–H groups in total. The Morgan fingerprint density at radius 2 is 2.18 bits per heavy atom. The fourth-order valence-electron chi connectivity index (χ4n) is 1.93. The van der Waals surface area contributed by atoms with Crippen molar-refractivity contribution in [1.29, 1.82) is 0 Å². The molecule has 1 aromatic heterocycles. The molecular weight excluding hydrogens is 234 g/mol. The molecule has 4 nitrogen and oxygen atoms in total. The van der Waals surface area contributed by atoms with Gasteiger partial charge < -0.3 is 14.5 Å². The summed E-state index contributed by atoms with van der Waals surface area (Å²) >= 11 is 0. The molecule has 1 heterocycles. The molecule has 1 saturated carbocycles. The van der Waals surface area contributed by atoms with Gasteiger partial charge in [-0.15, -0.1) is 0 Å². The van der Waals surface area contributed by atoms with Crippen molar-refractivity contribution in [2.75, 3.05) is 0 Å². The second kappa shape index (κ2) is 4.40. The zero-order valence-corrected chi connectivity index (χ0v) is 11.3. The first kappa shape index (κ1) is 12.5. The predicted molar refractivity (Wildman–Crippen MR) is 52.3 cm³/mol. The van der Waals surface area contributed by atoms with Gasteiger partial charge in [-0.3, -0.25) is 0 Å². The molecule has 1 aliphatic carbocycles. The van der Waals surface area contributed by atoms with Crippen LogP contribution >= 0.6 is 0 Å². The molecule has 0 saturated heterocycles. The Labute approximate surface area is 119 Å². The molecule has 0 radical (unpaired) electrons. The molecule has 0 bridgehead atoms. The number of fused-ring (bicyclic) bond motifs is 1. The van der Waals surface area contributed by atoms with Crippen molar-refractivity contribution in [2.24, 2.45) is 0 Å². The van der Waals surface area contributed by atoms with E-state index in [1.807, 2.05) is 0 Å². The molecule has 1 aliphatic rings. The smallest absolute Gasteiger partial charge is 0.542 e. The van der Waals surface area contributed by atoms with Crippen LogP contribution in [-0.2, 0) is 0 Å². The Hall–Kier alpha value is -0.910. The Morgan fingerprint density at radius 1 is 1.47 bits per heavy atom. The molecule has 0 atom stereocenters. The van der Waals surface area contributed by atoms with Crippen molar-refractivity contribution in [3.8, 4) is 0 Å². The summed E-state index contributed by atoms with van der Waals surface area (Å²) in [6, 6.07) is 4.62. The summed E-state index contributed by atoms with van der Waals surface area (Å²) in [6.45, 7) is 0. The van der Waals surface area contributed by atoms with E-state index in [9.17, 15) is 14.3 Å². The van der Waals surface area contributed by atoms with Gasteiger partial charge in [-0.1, -0.05) is 6.07 Å².